The summed E-state index contributed by atoms with van der Waals surface area (Å²) in [7, 11) is 1.82. The molecule has 0 saturated carbocycles. The lowest BCUT2D eigenvalue weighted by Gasteiger charge is -2.25. The number of hydrogen-bond acceptors (Lipinski definition) is 2. The molecule has 1 atom stereocenters. The SMILES string of the molecule is CCNCC(=O)N(C)C(C)c1ccc(Cl)cc1. The summed E-state index contributed by atoms with van der Waals surface area (Å²) < 4.78 is 0. The van der Waals surface area contributed by atoms with Gasteiger partial charge >= 0.3 is 0 Å². The van der Waals surface area contributed by atoms with Gasteiger partial charge in [0.15, 0.2) is 0 Å². The van der Waals surface area contributed by atoms with Gasteiger partial charge in [-0.15, -0.1) is 0 Å². The predicted octanol–water partition coefficient (Wildman–Crippen LogP) is 2.47. The summed E-state index contributed by atoms with van der Waals surface area (Å²) in [6.07, 6.45) is 0. The summed E-state index contributed by atoms with van der Waals surface area (Å²) in [4.78, 5) is 13.6. The highest BCUT2D eigenvalue weighted by atomic mass is 35.5. The second-order valence-corrected chi connectivity index (χ2v) is 4.45. The number of nitrogens with one attached hydrogen (secondary N) is 1. The fourth-order valence-corrected chi connectivity index (χ4v) is 1.66. The second-order valence-electron chi connectivity index (χ2n) is 4.01. The molecule has 1 N–H and O–H groups in total. The number of likely N-dealkylation sites (N-methyl/N-ethyl adjacent to an activating group) is 2. The molecule has 1 aromatic rings. The molecule has 1 aromatic carbocycles. The van der Waals surface area contributed by atoms with Gasteiger partial charge in [0.2, 0.25) is 5.91 Å². The zero-order chi connectivity index (χ0) is 12.8. The first-order chi connectivity index (χ1) is 8.06. The zero-order valence-corrected chi connectivity index (χ0v) is 11.3. The van der Waals surface area contributed by atoms with Crippen LogP contribution in [0.25, 0.3) is 0 Å². The molecule has 0 spiro atoms. The number of hydrogen-bond donors (Lipinski definition) is 1. The molecule has 17 heavy (non-hydrogen) atoms. The van der Waals surface area contributed by atoms with Gasteiger partial charge in [0.05, 0.1) is 12.6 Å². The van der Waals surface area contributed by atoms with E-state index >= 15 is 0 Å². The van der Waals surface area contributed by atoms with Crippen molar-refractivity contribution in [3.8, 4) is 0 Å². The van der Waals surface area contributed by atoms with E-state index in [4.69, 9.17) is 11.6 Å². The summed E-state index contributed by atoms with van der Waals surface area (Å²) >= 11 is 5.84. The molecule has 4 heteroatoms. The molecular weight excluding hydrogens is 236 g/mol. The highest BCUT2D eigenvalue weighted by Gasteiger charge is 2.16. The molecule has 94 valence electrons. The number of carbonyl (C=O) groups is 1. The Bertz CT molecular complexity index is 364. The smallest absolute Gasteiger partial charge is 0.236 e. The number of carbonyl (C=O) groups excluding carboxylic acids is 1. The lowest BCUT2D eigenvalue weighted by molar-refractivity contribution is -0.130. The second kappa shape index (κ2) is 6.62. The lowest BCUT2D eigenvalue weighted by atomic mass is 10.1. The van der Waals surface area contributed by atoms with E-state index in [1.54, 1.807) is 4.90 Å². The molecule has 0 aliphatic heterocycles. The molecule has 0 aromatic heterocycles. The molecule has 0 aliphatic carbocycles. The number of nitrogens with zero attached hydrogens (tertiary/aromatic N) is 1. The summed E-state index contributed by atoms with van der Waals surface area (Å²) in [5.41, 5.74) is 1.08. The molecule has 0 radical (unpaired) electrons. The van der Waals surface area contributed by atoms with Crippen molar-refractivity contribution in [2.45, 2.75) is 19.9 Å². The average molecular weight is 255 g/mol. The van der Waals surface area contributed by atoms with E-state index < -0.39 is 0 Å². The van der Waals surface area contributed by atoms with Gasteiger partial charge in [-0.1, -0.05) is 30.7 Å². The molecule has 0 aliphatic rings. The quantitative estimate of drug-likeness (QED) is 0.876. The van der Waals surface area contributed by atoms with Crippen molar-refractivity contribution in [2.75, 3.05) is 20.1 Å². The predicted molar refractivity (Wildman–Crippen MR) is 71.2 cm³/mol. The summed E-state index contributed by atoms with van der Waals surface area (Å²) in [5, 5.41) is 3.74. The Kier molecular flexibility index (Phi) is 5.45. The van der Waals surface area contributed by atoms with Crippen LogP contribution in [0, 0.1) is 0 Å². The van der Waals surface area contributed by atoms with Crippen molar-refractivity contribution in [3.05, 3.63) is 34.9 Å². The molecule has 0 heterocycles. The fourth-order valence-electron chi connectivity index (χ4n) is 1.54. The van der Waals surface area contributed by atoms with E-state index in [-0.39, 0.29) is 11.9 Å². The molecule has 3 nitrogen and oxygen atoms in total. The van der Waals surface area contributed by atoms with Crippen molar-refractivity contribution in [1.82, 2.24) is 10.2 Å². The van der Waals surface area contributed by atoms with Gasteiger partial charge in [0.1, 0.15) is 0 Å². The van der Waals surface area contributed by atoms with Gasteiger partial charge in [-0.25, -0.2) is 0 Å². The maximum absolute atomic E-state index is 11.8. The normalized spacial score (nSPS) is 12.2. The first-order valence-electron chi connectivity index (χ1n) is 5.78. The Hall–Kier alpha value is -1.06. The molecule has 1 amide bonds. The van der Waals surface area contributed by atoms with Crippen molar-refractivity contribution in [1.29, 1.82) is 0 Å². The first kappa shape index (κ1) is 14.0. The van der Waals surface area contributed by atoms with Crippen LogP contribution in [0.5, 0.6) is 0 Å². The van der Waals surface area contributed by atoms with Gasteiger partial charge < -0.3 is 10.2 Å². The molecule has 1 unspecified atom stereocenters. The maximum atomic E-state index is 11.8. The van der Waals surface area contributed by atoms with Crippen LogP contribution >= 0.6 is 11.6 Å². The van der Waals surface area contributed by atoms with E-state index in [0.717, 1.165) is 12.1 Å². The number of rotatable bonds is 5. The average Bonchev–Trinajstić information content (AvgIpc) is 2.35. The molecule has 0 bridgehead atoms. The third kappa shape index (κ3) is 4.02. The van der Waals surface area contributed by atoms with Crippen LogP contribution in [0.1, 0.15) is 25.5 Å². The Balaban J connectivity index is 2.65. The van der Waals surface area contributed by atoms with Gasteiger partial charge in [-0.2, -0.15) is 0 Å². The van der Waals surface area contributed by atoms with Crippen molar-refractivity contribution >= 4 is 17.5 Å². The van der Waals surface area contributed by atoms with Crippen molar-refractivity contribution in [2.24, 2.45) is 0 Å². The highest BCUT2D eigenvalue weighted by molar-refractivity contribution is 6.30. The van der Waals surface area contributed by atoms with Gasteiger partial charge in [0, 0.05) is 12.1 Å². The maximum Gasteiger partial charge on any atom is 0.236 e. The van der Waals surface area contributed by atoms with E-state index in [0.29, 0.717) is 11.6 Å². The van der Waals surface area contributed by atoms with Crippen LogP contribution in [0.2, 0.25) is 5.02 Å². The Morgan fingerprint density at radius 3 is 2.53 bits per heavy atom. The number of benzene rings is 1. The first-order valence-corrected chi connectivity index (χ1v) is 6.16. The largest absolute Gasteiger partial charge is 0.338 e. The molecule has 0 saturated heterocycles. The van der Waals surface area contributed by atoms with Crippen LogP contribution < -0.4 is 5.32 Å². The third-order valence-corrected chi connectivity index (χ3v) is 3.10. The standard InChI is InChI=1S/C13H19ClN2O/c1-4-15-9-13(17)16(3)10(2)11-5-7-12(14)8-6-11/h5-8,10,15H,4,9H2,1-3H3. The minimum absolute atomic E-state index is 0.0541. The van der Waals surface area contributed by atoms with E-state index in [1.807, 2.05) is 45.2 Å². The Morgan fingerprint density at radius 1 is 1.41 bits per heavy atom. The number of halogens is 1. The monoisotopic (exact) mass is 254 g/mol. The fraction of sp³-hybridized carbons (Fsp3) is 0.462. The van der Waals surface area contributed by atoms with E-state index in [9.17, 15) is 4.79 Å². The highest BCUT2D eigenvalue weighted by Crippen LogP contribution is 2.20. The van der Waals surface area contributed by atoms with E-state index in [2.05, 4.69) is 5.32 Å². The van der Waals surface area contributed by atoms with Crippen LogP contribution in [-0.4, -0.2) is 30.9 Å². The Labute approximate surface area is 108 Å². The van der Waals surface area contributed by atoms with Gasteiger partial charge in [0.25, 0.3) is 0 Å². The van der Waals surface area contributed by atoms with Crippen molar-refractivity contribution < 1.29 is 4.79 Å². The minimum Gasteiger partial charge on any atom is -0.338 e. The molecular formula is C13H19ClN2O. The summed E-state index contributed by atoms with van der Waals surface area (Å²) in [5.74, 6) is 0.0919. The Morgan fingerprint density at radius 2 is 2.00 bits per heavy atom. The van der Waals surface area contributed by atoms with Crippen LogP contribution in [0.15, 0.2) is 24.3 Å². The minimum atomic E-state index is 0.0541. The third-order valence-electron chi connectivity index (χ3n) is 2.85. The van der Waals surface area contributed by atoms with Crippen molar-refractivity contribution in [3.63, 3.8) is 0 Å². The van der Waals surface area contributed by atoms with Crippen LogP contribution in [0.3, 0.4) is 0 Å². The summed E-state index contributed by atoms with van der Waals surface area (Å²) in [6, 6.07) is 7.64. The van der Waals surface area contributed by atoms with Gasteiger partial charge in [-0.05, 0) is 31.2 Å². The summed E-state index contributed by atoms with van der Waals surface area (Å²) in [6.45, 7) is 5.17. The zero-order valence-electron chi connectivity index (χ0n) is 10.5. The van der Waals surface area contributed by atoms with Crippen LogP contribution in [0.4, 0.5) is 0 Å². The lowest BCUT2D eigenvalue weighted by Crippen LogP contribution is -2.37. The van der Waals surface area contributed by atoms with E-state index in [1.165, 1.54) is 0 Å². The van der Waals surface area contributed by atoms with Gasteiger partial charge in [-0.3, -0.25) is 4.79 Å². The topological polar surface area (TPSA) is 32.3 Å². The molecule has 1 rings (SSSR count). The molecule has 0 fully saturated rings. The number of amides is 1. The van der Waals surface area contributed by atoms with Crippen LogP contribution in [-0.2, 0) is 4.79 Å².